The lowest BCUT2D eigenvalue weighted by molar-refractivity contribution is -0.156. The van der Waals surface area contributed by atoms with E-state index in [-0.39, 0.29) is 0 Å². The Labute approximate surface area is 126 Å². The summed E-state index contributed by atoms with van der Waals surface area (Å²) in [5, 5.41) is 0. The molecule has 0 heterocycles. The molecular formula is C20H22O. The third-order valence-electron chi connectivity index (χ3n) is 8.00. The maximum absolute atomic E-state index is 12.1. The average molecular weight is 278 g/mol. The number of rotatable bonds is 1. The van der Waals surface area contributed by atoms with E-state index in [9.17, 15) is 4.79 Å². The van der Waals surface area contributed by atoms with E-state index in [4.69, 9.17) is 0 Å². The Morgan fingerprint density at radius 2 is 1.48 bits per heavy atom. The first kappa shape index (κ1) is 11.5. The lowest BCUT2D eigenvalue weighted by Gasteiger charge is -2.65. The molecule has 21 heavy (non-hydrogen) atoms. The quantitative estimate of drug-likeness (QED) is 0.671. The summed E-state index contributed by atoms with van der Waals surface area (Å²) in [7, 11) is 0. The van der Waals surface area contributed by atoms with Gasteiger partial charge < -0.3 is 0 Å². The van der Waals surface area contributed by atoms with Gasteiger partial charge in [-0.15, -0.1) is 0 Å². The summed E-state index contributed by atoms with van der Waals surface area (Å²) in [6.45, 7) is 1.82. The van der Waals surface area contributed by atoms with E-state index in [1.54, 1.807) is 0 Å². The average Bonchev–Trinajstić information content (AvgIpc) is 3.19. The van der Waals surface area contributed by atoms with Gasteiger partial charge in [-0.2, -0.15) is 0 Å². The van der Waals surface area contributed by atoms with Crippen molar-refractivity contribution < 1.29 is 4.79 Å². The number of carbonyl (C=O) groups is 1. The molecule has 1 nitrogen and oxygen atoms in total. The molecule has 0 aliphatic heterocycles. The topological polar surface area (TPSA) is 17.1 Å². The van der Waals surface area contributed by atoms with Crippen LogP contribution in [0.5, 0.6) is 0 Å². The van der Waals surface area contributed by atoms with Crippen LogP contribution in [-0.2, 0) is 4.79 Å². The van der Waals surface area contributed by atoms with Gasteiger partial charge in [0.1, 0.15) is 5.78 Å². The van der Waals surface area contributed by atoms with Gasteiger partial charge in [-0.05, 0) is 72.5 Å². The van der Waals surface area contributed by atoms with Gasteiger partial charge in [-0.25, -0.2) is 0 Å². The van der Waals surface area contributed by atoms with E-state index < -0.39 is 0 Å². The van der Waals surface area contributed by atoms with E-state index in [2.05, 4.69) is 36.5 Å². The van der Waals surface area contributed by atoms with Gasteiger partial charge in [0.2, 0.25) is 0 Å². The van der Waals surface area contributed by atoms with Gasteiger partial charge in [-0.3, -0.25) is 4.79 Å². The molecule has 0 aromatic carbocycles. The van der Waals surface area contributed by atoms with Crippen LogP contribution in [0.4, 0.5) is 0 Å². The van der Waals surface area contributed by atoms with Crippen LogP contribution in [0.1, 0.15) is 13.3 Å². The van der Waals surface area contributed by atoms with Crippen molar-refractivity contribution in [2.75, 3.05) is 0 Å². The molecule has 3 saturated carbocycles. The van der Waals surface area contributed by atoms with Crippen LogP contribution in [-0.4, -0.2) is 5.78 Å². The molecule has 0 aromatic heterocycles. The van der Waals surface area contributed by atoms with E-state index in [0.717, 1.165) is 47.8 Å². The molecule has 1 heteroatoms. The molecule has 6 bridgehead atoms. The smallest absolute Gasteiger partial charge is 0.133 e. The molecule has 8 aliphatic carbocycles. The zero-order valence-corrected chi connectivity index (χ0v) is 12.4. The van der Waals surface area contributed by atoms with E-state index in [1.165, 1.54) is 0 Å². The summed E-state index contributed by atoms with van der Waals surface area (Å²) in [5.74, 6) is 8.79. The predicted molar refractivity (Wildman–Crippen MR) is 81.1 cm³/mol. The number of hydrogen-bond donors (Lipinski definition) is 0. The number of fused-ring (bicyclic) bond motifs is 1. The van der Waals surface area contributed by atoms with Gasteiger partial charge in [0.05, 0.1) is 0 Å². The van der Waals surface area contributed by atoms with E-state index in [0.29, 0.717) is 29.5 Å². The van der Waals surface area contributed by atoms with Crippen molar-refractivity contribution in [3.05, 3.63) is 36.5 Å². The highest BCUT2D eigenvalue weighted by molar-refractivity contribution is 5.79. The van der Waals surface area contributed by atoms with Crippen LogP contribution >= 0.6 is 0 Å². The first-order valence-electron chi connectivity index (χ1n) is 8.81. The Kier molecular flexibility index (Phi) is 1.88. The van der Waals surface area contributed by atoms with E-state index in [1.807, 2.05) is 6.92 Å². The van der Waals surface area contributed by atoms with Crippen LogP contribution < -0.4 is 0 Å². The minimum absolute atomic E-state index is 0.334. The minimum Gasteiger partial charge on any atom is -0.300 e. The normalized spacial score (nSPS) is 63.4. The monoisotopic (exact) mass is 278 g/mol. The largest absolute Gasteiger partial charge is 0.300 e. The van der Waals surface area contributed by atoms with Gasteiger partial charge in [-0.1, -0.05) is 36.5 Å². The van der Waals surface area contributed by atoms with Crippen molar-refractivity contribution in [2.45, 2.75) is 13.3 Å². The Balaban J connectivity index is 1.45. The molecule has 8 aliphatic rings. The molecule has 0 saturated heterocycles. The summed E-state index contributed by atoms with van der Waals surface area (Å²) >= 11 is 0. The summed E-state index contributed by atoms with van der Waals surface area (Å²) in [6, 6.07) is 0. The molecule has 0 amide bonds. The maximum Gasteiger partial charge on any atom is 0.133 e. The zero-order valence-electron chi connectivity index (χ0n) is 12.4. The lowest BCUT2D eigenvalue weighted by Crippen LogP contribution is -2.61. The standard InChI is InChI=1S/C20H22O/c1-9(21)15-8-11-4-7-14(15)19-17(11)16-10-2-5-12-13(6-3-10)18(12)20(16)19/h2-7,10-20H,8H2,1H3/t10?,11-,12-,13+,14+,15-,16+,17+,18?,19+,20-/m1/s1. The second kappa shape index (κ2) is 3.45. The maximum atomic E-state index is 12.1. The van der Waals surface area contributed by atoms with E-state index >= 15 is 0 Å². The molecule has 8 rings (SSSR count). The summed E-state index contributed by atoms with van der Waals surface area (Å²) in [4.78, 5) is 12.1. The summed E-state index contributed by atoms with van der Waals surface area (Å²) in [5.41, 5.74) is 0. The minimum atomic E-state index is 0.334. The predicted octanol–water partition coefficient (Wildman–Crippen LogP) is 3.49. The highest BCUT2D eigenvalue weighted by Crippen LogP contribution is 2.74. The second-order valence-corrected chi connectivity index (χ2v) is 8.47. The lowest BCUT2D eigenvalue weighted by atomic mass is 9.39. The summed E-state index contributed by atoms with van der Waals surface area (Å²) < 4.78 is 0. The fourth-order valence-corrected chi connectivity index (χ4v) is 7.29. The first-order chi connectivity index (χ1) is 10.3. The second-order valence-electron chi connectivity index (χ2n) is 8.47. The van der Waals surface area contributed by atoms with Crippen molar-refractivity contribution in [1.82, 2.24) is 0 Å². The van der Waals surface area contributed by atoms with Crippen molar-refractivity contribution in [2.24, 2.45) is 65.1 Å². The van der Waals surface area contributed by atoms with Crippen LogP contribution in [0, 0.1) is 65.1 Å². The van der Waals surface area contributed by atoms with Crippen LogP contribution in [0.15, 0.2) is 36.5 Å². The first-order valence-corrected chi connectivity index (χ1v) is 8.81. The molecule has 11 atom stereocenters. The highest BCUT2D eigenvalue weighted by atomic mass is 16.1. The van der Waals surface area contributed by atoms with Crippen molar-refractivity contribution >= 4 is 5.78 Å². The van der Waals surface area contributed by atoms with Crippen LogP contribution in [0.2, 0.25) is 0 Å². The highest BCUT2D eigenvalue weighted by Gasteiger charge is 2.70. The van der Waals surface area contributed by atoms with Gasteiger partial charge in [0.25, 0.3) is 0 Å². The molecule has 0 spiro atoms. The third kappa shape index (κ3) is 1.17. The fraction of sp³-hybridized carbons (Fsp3) is 0.650. The van der Waals surface area contributed by atoms with Crippen LogP contribution in [0.3, 0.4) is 0 Å². The number of hydrogen-bond acceptors (Lipinski definition) is 1. The molecule has 2 unspecified atom stereocenters. The van der Waals surface area contributed by atoms with Crippen molar-refractivity contribution in [1.29, 1.82) is 0 Å². The van der Waals surface area contributed by atoms with Gasteiger partial charge in [0.15, 0.2) is 0 Å². The Morgan fingerprint density at radius 3 is 2.19 bits per heavy atom. The number of allylic oxidation sites excluding steroid dienone is 6. The fourth-order valence-electron chi connectivity index (χ4n) is 7.29. The molecule has 3 fully saturated rings. The zero-order chi connectivity index (χ0) is 13.9. The summed E-state index contributed by atoms with van der Waals surface area (Å²) in [6.07, 6.45) is 16.1. The molecular weight excluding hydrogens is 256 g/mol. The molecule has 0 N–H and O–H groups in total. The van der Waals surface area contributed by atoms with Gasteiger partial charge >= 0.3 is 0 Å². The van der Waals surface area contributed by atoms with Crippen molar-refractivity contribution in [3.8, 4) is 0 Å². The van der Waals surface area contributed by atoms with Gasteiger partial charge in [0, 0.05) is 5.92 Å². The number of ketones is 1. The Morgan fingerprint density at radius 1 is 0.762 bits per heavy atom. The SMILES string of the molecule is CC(=O)[C@H]1C[C@H]2C=C[C@@H]1[C@@H]1[C@H]3C4[C@H]5C=CC(C=C[C@@H]45)[C@H]3[C@@H]12. The van der Waals surface area contributed by atoms with Crippen molar-refractivity contribution in [3.63, 3.8) is 0 Å². The van der Waals surface area contributed by atoms with Crippen LogP contribution in [0.25, 0.3) is 0 Å². The number of Topliss-reactive ketones (excluding diaryl/α,β-unsaturated/α-hetero) is 1. The molecule has 0 radical (unpaired) electrons. The Hall–Kier alpha value is -1.11. The molecule has 0 aromatic rings. The number of carbonyl (C=O) groups excluding carboxylic acids is 1. The molecule has 108 valence electrons. The Bertz CT molecular complexity index is 606. The third-order valence-corrected chi connectivity index (χ3v) is 8.00.